The van der Waals surface area contributed by atoms with E-state index in [0.29, 0.717) is 18.9 Å². The molecule has 0 bridgehead atoms. The van der Waals surface area contributed by atoms with Gasteiger partial charge in [0.2, 0.25) is 0 Å². The molecule has 5 heteroatoms. The van der Waals surface area contributed by atoms with E-state index >= 15 is 0 Å². The maximum absolute atomic E-state index is 12.4. The fraction of sp³-hybridized carbons (Fsp3) is 0.619. The molecular weight excluding hydrogens is 330 g/mol. The van der Waals surface area contributed by atoms with E-state index in [0.717, 1.165) is 5.56 Å². The van der Waals surface area contributed by atoms with Crippen molar-refractivity contribution in [3.63, 3.8) is 0 Å². The Morgan fingerprint density at radius 3 is 2.19 bits per heavy atom. The quantitative estimate of drug-likeness (QED) is 0.678. The number of hydrogen-bond acceptors (Lipinski definition) is 5. The average Bonchev–Trinajstić information content (AvgIpc) is 2.55. The SMILES string of the molecule is CC(C)C[C@@H](NC[C@@H](C)C(=O)OCc1ccccc1)C(=O)OC(C)(C)C. The van der Waals surface area contributed by atoms with Gasteiger partial charge in [0, 0.05) is 6.54 Å². The maximum Gasteiger partial charge on any atom is 0.323 e. The Bertz CT molecular complexity index is 563. The first-order valence-electron chi connectivity index (χ1n) is 9.25. The molecule has 1 N–H and O–H groups in total. The molecule has 0 aliphatic rings. The van der Waals surface area contributed by atoms with E-state index in [1.54, 1.807) is 6.92 Å². The van der Waals surface area contributed by atoms with Gasteiger partial charge in [-0.2, -0.15) is 0 Å². The number of ether oxygens (including phenoxy) is 2. The Labute approximate surface area is 157 Å². The highest BCUT2D eigenvalue weighted by atomic mass is 16.6. The number of benzene rings is 1. The van der Waals surface area contributed by atoms with Crippen molar-refractivity contribution in [1.82, 2.24) is 5.32 Å². The predicted molar refractivity (Wildman–Crippen MR) is 102 cm³/mol. The number of carbonyl (C=O) groups excluding carboxylic acids is 2. The van der Waals surface area contributed by atoms with Crippen molar-refractivity contribution in [2.24, 2.45) is 11.8 Å². The number of esters is 2. The van der Waals surface area contributed by atoms with Gasteiger partial charge in [0.15, 0.2) is 0 Å². The average molecular weight is 363 g/mol. The predicted octanol–water partition coefficient (Wildman–Crippen LogP) is 3.71. The van der Waals surface area contributed by atoms with E-state index in [-0.39, 0.29) is 24.5 Å². The van der Waals surface area contributed by atoms with Gasteiger partial charge in [-0.1, -0.05) is 51.1 Å². The summed E-state index contributed by atoms with van der Waals surface area (Å²) in [6.45, 7) is 12.1. The van der Waals surface area contributed by atoms with Crippen LogP contribution in [0, 0.1) is 11.8 Å². The molecule has 0 radical (unpaired) electrons. The molecule has 1 aromatic rings. The molecule has 0 aliphatic carbocycles. The van der Waals surface area contributed by atoms with Crippen molar-refractivity contribution in [1.29, 1.82) is 0 Å². The first-order chi connectivity index (χ1) is 12.1. The van der Waals surface area contributed by atoms with Crippen LogP contribution in [0.25, 0.3) is 0 Å². The van der Waals surface area contributed by atoms with Gasteiger partial charge >= 0.3 is 11.9 Å². The summed E-state index contributed by atoms with van der Waals surface area (Å²) >= 11 is 0. The van der Waals surface area contributed by atoms with Crippen molar-refractivity contribution < 1.29 is 19.1 Å². The summed E-state index contributed by atoms with van der Waals surface area (Å²) in [7, 11) is 0. The summed E-state index contributed by atoms with van der Waals surface area (Å²) in [5.41, 5.74) is 0.418. The number of carbonyl (C=O) groups is 2. The molecule has 0 amide bonds. The highest BCUT2D eigenvalue weighted by Crippen LogP contribution is 2.13. The van der Waals surface area contributed by atoms with E-state index in [1.165, 1.54) is 0 Å². The zero-order chi connectivity index (χ0) is 19.7. The lowest BCUT2D eigenvalue weighted by Crippen LogP contribution is -2.44. The Kier molecular flexibility index (Phi) is 8.79. The fourth-order valence-electron chi connectivity index (χ4n) is 2.38. The van der Waals surface area contributed by atoms with Crippen LogP contribution >= 0.6 is 0 Å². The van der Waals surface area contributed by atoms with Gasteiger partial charge < -0.3 is 14.8 Å². The molecule has 2 atom stereocenters. The summed E-state index contributed by atoms with van der Waals surface area (Å²) in [5, 5.41) is 3.18. The van der Waals surface area contributed by atoms with Gasteiger partial charge in [-0.3, -0.25) is 9.59 Å². The molecule has 0 saturated heterocycles. The third kappa shape index (κ3) is 8.99. The van der Waals surface area contributed by atoms with Gasteiger partial charge in [0.1, 0.15) is 18.2 Å². The van der Waals surface area contributed by atoms with Crippen LogP contribution in [0.5, 0.6) is 0 Å². The van der Waals surface area contributed by atoms with Gasteiger partial charge in [-0.25, -0.2) is 0 Å². The molecule has 146 valence electrons. The molecule has 0 spiro atoms. The summed E-state index contributed by atoms with van der Waals surface area (Å²) < 4.78 is 10.8. The zero-order valence-electron chi connectivity index (χ0n) is 16.9. The lowest BCUT2D eigenvalue weighted by molar-refractivity contribution is -0.158. The number of rotatable bonds is 9. The molecule has 0 saturated carbocycles. The summed E-state index contributed by atoms with van der Waals surface area (Å²) in [4.78, 5) is 24.6. The van der Waals surface area contributed by atoms with Crippen LogP contribution < -0.4 is 5.32 Å². The van der Waals surface area contributed by atoms with Crippen LogP contribution in [-0.2, 0) is 25.7 Å². The van der Waals surface area contributed by atoms with Gasteiger partial charge in [0.05, 0.1) is 5.92 Å². The minimum Gasteiger partial charge on any atom is -0.461 e. The second-order valence-electron chi connectivity index (χ2n) is 8.12. The van der Waals surface area contributed by atoms with E-state index in [1.807, 2.05) is 51.1 Å². The third-order valence-corrected chi connectivity index (χ3v) is 3.70. The van der Waals surface area contributed by atoms with Gasteiger partial charge in [0.25, 0.3) is 0 Å². The normalized spacial score (nSPS) is 14.0. The van der Waals surface area contributed by atoms with Gasteiger partial charge in [-0.05, 0) is 38.7 Å². The van der Waals surface area contributed by atoms with Gasteiger partial charge in [-0.15, -0.1) is 0 Å². The third-order valence-electron chi connectivity index (χ3n) is 3.70. The lowest BCUT2D eigenvalue weighted by Gasteiger charge is -2.26. The lowest BCUT2D eigenvalue weighted by atomic mass is 10.0. The maximum atomic E-state index is 12.4. The van der Waals surface area contributed by atoms with E-state index < -0.39 is 11.6 Å². The minimum atomic E-state index is -0.534. The van der Waals surface area contributed by atoms with Crippen LogP contribution in [0.15, 0.2) is 30.3 Å². The van der Waals surface area contributed by atoms with Crippen molar-refractivity contribution >= 4 is 11.9 Å². The van der Waals surface area contributed by atoms with Crippen LogP contribution in [0.2, 0.25) is 0 Å². The van der Waals surface area contributed by atoms with Crippen LogP contribution in [0.3, 0.4) is 0 Å². The molecule has 0 unspecified atom stereocenters. The molecule has 0 heterocycles. The van der Waals surface area contributed by atoms with E-state index in [4.69, 9.17) is 9.47 Å². The molecule has 0 aliphatic heterocycles. The Balaban J connectivity index is 2.52. The van der Waals surface area contributed by atoms with Crippen LogP contribution in [-0.4, -0.2) is 30.1 Å². The Morgan fingerprint density at radius 1 is 1.04 bits per heavy atom. The molecule has 1 aromatic carbocycles. The monoisotopic (exact) mass is 363 g/mol. The molecule has 0 fully saturated rings. The Hall–Kier alpha value is -1.88. The second-order valence-corrected chi connectivity index (χ2v) is 8.12. The molecule has 0 aromatic heterocycles. The smallest absolute Gasteiger partial charge is 0.323 e. The summed E-state index contributed by atoms with van der Waals surface area (Å²) in [6.07, 6.45) is 0.653. The summed E-state index contributed by atoms with van der Waals surface area (Å²) in [6, 6.07) is 9.13. The standard InChI is InChI=1S/C21H33NO4/c1-15(2)12-18(20(24)26-21(4,5)6)22-13-16(3)19(23)25-14-17-10-8-7-9-11-17/h7-11,15-16,18,22H,12-14H2,1-6H3/t16-,18-/m1/s1. The summed E-state index contributed by atoms with van der Waals surface area (Å²) in [5.74, 6) is -0.582. The van der Waals surface area contributed by atoms with Crippen molar-refractivity contribution in [2.45, 2.75) is 66.2 Å². The first-order valence-corrected chi connectivity index (χ1v) is 9.25. The number of nitrogens with one attached hydrogen (secondary N) is 1. The number of hydrogen-bond donors (Lipinski definition) is 1. The molecule has 5 nitrogen and oxygen atoms in total. The largest absolute Gasteiger partial charge is 0.461 e. The fourth-order valence-corrected chi connectivity index (χ4v) is 2.38. The van der Waals surface area contributed by atoms with E-state index in [2.05, 4.69) is 19.2 Å². The van der Waals surface area contributed by atoms with E-state index in [9.17, 15) is 9.59 Å². The topological polar surface area (TPSA) is 64.6 Å². The molecule has 1 rings (SSSR count). The molecule has 26 heavy (non-hydrogen) atoms. The minimum absolute atomic E-state index is 0.255. The highest BCUT2D eigenvalue weighted by molar-refractivity contribution is 5.76. The highest BCUT2D eigenvalue weighted by Gasteiger charge is 2.27. The van der Waals surface area contributed by atoms with Crippen LogP contribution in [0.4, 0.5) is 0 Å². The van der Waals surface area contributed by atoms with Crippen molar-refractivity contribution in [3.05, 3.63) is 35.9 Å². The zero-order valence-corrected chi connectivity index (χ0v) is 16.9. The van der Waals surface area contributed by atoms with Crippen LogP contribution in [0.1, 0.15) is 53.5 Å². The van der Waals surface area contributed by atoms with Crippen molar-refractivity contribution in [2.75, 3.05) is 6.54 Å². The molecular formula is C21H33NO4. The first kappa shape index (κ1) is 22.2. The second kappa shape index (κ2) is 10.3. The Morgan fingerprint density at radius 2 is 1.65 bits per heavy atom. The van der Waals surface area contributed by atoms with Crippen molar-refractivity contribution in [3.8, 4) is 0 Å².